The summed E-state index contributed by atoms with van der Waals surface area (Å²) in [6.45, 7) is 0.943. The average molecular weight is 777 g/mol. The maximum absolute atomic E-state index is 13.4. The van der Waals surface area contributed by atoms with Gasteiger partial charge >= 0.3 is 12.1 Å². The van der Waals surface area contributed by atoms with Crippen LogP contribution in [0.3, 0.4) is 0 Å². The second-order valence-electron chi connectivity index (χ2n) is 11.3. The molecule has 0 aliphatic carbocycles. The molecule has 1 fully saturated rings. The predicted molar refractivity (Wildman–Crippen MR) is 183 cm³/mol. The second kappa shape index (κ2) is 17.6. The molecule has 1 saturated heterocycles. The molecule has 0 radical (unpaired) electrons. The molecule has 3 aromatic rings. The van der Waals surface area contributed by atoms with E-state index >= 15 is 0 Å². The van der Waals surface area contributed by atoms with Crippen LogP contribution in [0, 0.1) is 0 Å². The van der Waals surface area contributed by atoms with Gasteiger partial charge in [-0.15, -0.1) is 0 Å². The number of halogens is 5. The van der Waals surface area contributed by atoms with E-state index in [1.807, 2.05) is 19.0 Å². The molecule has 1 aromatic heterocycles. The van der Waals surface area contributed by atoms with Crippen LogP contribution in [0.5, 0.6) is 0 Å². The van der Waals surface area contributed by atoms with Gasteiger partial charge in [-0.2, -0.15) is 22.6 Å². The molecule has 4 rings (SSSR count). The summed E-state index contributed by atoms with van der Waals surface area (Å²) >= 11 is 12.3. The van der Waals surface area contributed by atoms with Gasteiger partial charge in [-0.3, -0.25) is 19.1 Å². The van der Waals surface area contributed by atoms with Crippen LogP contribution < -0.4 is 16.0 Å². The van der Waals surface area contributed by atoms with Crippen LogP contribution in [0.25, 0.3) is 0 Å². The van der Waals surface area contributed by atoms with Crippen LogP contribution in [0.2, 0.25) is 10.0 Å². The molecular weight excluding hydrogens is 742 g/mol. The van der Waals surface area contributed by atoms with Crippen molar-refractivity contribution in [1.29, 1.82) is 0 Å². The van der Waals surface area contributed by atoms with E-state index in [2.05, 4.69) is 21.0 Å². The highest BCUT2D eigenvalue weighted by atomic mass is 35.5. The van der Waals surface area contributed by atoms with Crippen molar-refractivity contribution >= 4 is 68.3 Å². The Morgan fingerprint density at radius 1 is 1.02 bits per heavy atom. The Balaban J connectivity index is 0.000000908. The highest BCUT2D eigenvalue weighted by molar-refractivity contribution is 7.89. The van der Waals surface area contributed by atoms with Gasteiger partial charge in [-0.25, -0.2) is 13.2 Å². The largest absolute Gasteiger partial charge is 0.490 e. The number of rotatable bonds is 10. The molecule has 0 atom stereocenters. The number of piperidine rings is 1. The number of likely N-dealkylation sites (N-methyl/N-ethyl adjacent to an activating group) is 1. The smallest absolute Gasteiger partial charge is 0.475 e. The van der Waals surface area contributed by atoms with E-state index in [4.69, 9.17) is 33.1 Å². The second-order valence-corrected chi connectivity index (χ2v) is 14.0. The van der Waals surface area contributed by atoms with E-state index in [1.54, 1.807) is 31.3 Å². The number of carbonyl (C=O) groups excluding carboxylic acids is 3. The Morgan fingerprint density at radius 3 is 2.18 bits per heavy atom. The van der Waals surface area contributed by atoms with Crippen LogP contribution in [-0.2, 0) is 26.7 Å². The van der Waals surface area contributed by atoms with E-state index in [-0.39, 0.29) is 56.9 Å². The van der Waals surface area contributed by atoms with E-state index in [1.165, 1.54) is 45.5 Å². The van der Waals surface area contributed by atoms with Gasteiger partial charge in [0, 0.05) is 50.7 Å². The number of sulfonamides is 1. The summed E-state index contributed by atoms with van der Waals surface area (Å²) in [5.41, 5.74) is 0.604. The van der Waals surface area contributed by atoms with E-state index in [0.717, 1.165) is 0 Å². The molecule has 0 spiro atoms. The van der Waals surface area contributed by atoms with Gasteiger partial charge in [-0.05, 0) is 57.3 Å². The fourth-order valence-corrected chi connectivity index (χ4v) is 6.66. The third kappa shape index (κ3) is 11.8. The van der Waals surface area contributed by atoms with Crippen molar-refractivity contribution in [3.05, 3.63) is 82.1 Å². The number of carbonyl (C=O) groups is 4. The summed E-state index contributed by atoms with van der Waals surface area (Å²) in [5, 5.41) is 19.9. The Labute approximate surface area is 301 Å². The van der Waals surface area contributed by atoms with Gasteiger partial charge in [0.15, 0.2) is 5.69 Å². The Morgan fingerprint density at radius 2 is 1.61 bits per heavy atom. The van der Waals surface area contributed by atoms with Crippen molar-refractivity contribution in [1.82, 2.24) is 24.3 Å². The van der Waals surface area contributed by atoms with Crippen LogP contribution in [0.1, 0.15) is 33.7 Å². The number of anilines is 2. The maximum Gasteiger partial charge on any atom is 0.490 e. The molecule has 276 valence electrons. The van der Waals surface area contributed by atoms with Crippen molar-refractivity contribution < 1.29 is 45.9 Å². The van der Waals surface area contributed by atoms with Gasteiger partial charge in [0.2, 0.25) is 15.9 Å². The lowest BCUT2D eigenvalue weighted by Crippen LogP contribution is -2.46. The number of alkyl halides is 3. The lowest BCUT2D eigenvalue weighted by atomic mass is 10.1. The minimum Gasteiger partial charge on any atom is -0.475 e. The minimum atomic E-state index is -5.08. The number of aliphatic carboxylic acids is 1. The van der Waals surface area contributed by atoms with E-state index in [9.17, 15) is 36.0 Å². The van der Waals surface area contributed by atoms with Gasteiger partial charge in [0.25, 0.3) is 11.8 Å². The highest BCUT2D eigenvalue weighted by Gasteiger charge is 2.38. The molecule has 4 N–H and O–H groups in total. The monoisotopic (exact) mass is 775 g/mol. The fraction of sp³-hybridized carbons (Fsp3) is 0.323. The van der Waals surface area contributed by atoms with Crippen molar-refractivity contribution in [2.24, 2.45) is 7.05 Å². The number of aryl methyl sites for hydroxylation is 1. The number of nitrogens with one attached hydrogen (secondary N) is 3. The predicted octanol–water partition coefficient (Wildman–Crippen LogP) is 4.25. The molecule has 14 nitrogen and oxygen atoms in total. The summed E-state index contributed by atoms with van der Waals surface area (Å²) < 4.78 is 61.2. The average Bonchev–Trinajstić information content (AvgIpc) is 3.40. The Kier molecular flexibility index (Phi) is 14.2. The number of carboxylic acid groups (broad SMARTS) is 1. The molecule has 0 unspecified atom stereocenters. The number of hydrogen-bond donors (Lipinski definition) is 4. The number of amides is 3. The van der Waals surface area contributed by atoms with Crippen LogP contribution in [-0.4, -0.2) is 102 Å². The summed E-state index contributed by atoms with van der Waals surface area (Å²) in [6, 6.07) is 10.5. The van der Waals surface area contributed by atoms with Gasteiger partial charge in [-0.1, -0.05) is 41.4 Å². The first-order valence-corrected chi connectivity index (χ1v) is 17.1. The van der Waals surface area contributed by atoms with E-state index < -0.39 is 34.0 Å². The number of aromatic nitrogens is 2. The summed E-state index contributed by atoms with van der Waals surface area (Å²) in [6.07, 6.45) is 0.240. The zero-order valence-electron chi connectivity index (χ0n) is 27.4. The molecule has 51 heavy (non-hydrogen) atoms. The van der Waals surface area contributed by atoms with Crippen LogP contribution in [0.4, 0.5) is 24.5 Å². The number of nitrogens with zero attached hydrogens (tertiary/aromatic N) is 4. The molecule has 2 aromatic carbocycles. The number of hydrogen-bond acceptors (Lipinski definition) is 8. The van der Waals surface area contributed by atoms with Crippen LogP contribution in [0.15, 0.2) is 65.7 Å². The quantitative estimate of drug-likeness (QED) is 0.219. The van der Waals surface area contributed by atoms with Crippen molar-refractivity contribution in [3.63, 3.8) is 0 Å². The molecule has 2 heterocycles. The topological polar surface area (TPSA) is 183 Å². The first-order valence-electron chi connectivity index (χ1n) is 14.9. The van der Waals surface area contributed by atoms with Crippen molar-refractivity contribution in [2.45, 2.75) is 30.0 Å². The maximum atomic E-state index is 13.4. The first-order chi connectivity index (χ1) is 23.8. The molecule has 0 saturated carbocycles. The summed E-state index contributed by atoms with van der Waals surface area (Å²) in [7, 11) is 1.53. The summed E-state index contributed by atoms with van der Waals surface area (Å²) in [4.78, 5) is 49.1. The van der Waals surface area contributed by atoms with Crippen LogP contribution >= 0.6 is 23.2 Å². The zero-order chi connectivity index (χ0) is 38.1. The SMILES string of the molecule is CN(C)C/C=C/C(=O)Nc1cccc(S(=O)(=O)N2CCC(NC(=O)c3nn(C)cc3NC(=O)c3c(Cl)cccc3Cl)CC2)c1.O=C(O)C(F)(F)F. The molecule has 0 bridgehead atoms. The molecule has 20 heteroatoms. The third-order valence-corrected chi connectivity index (χ3v) is 9.52. The van der Waals surface area contributed by atoms with E-state index in [0.29, 0.717) is 25.1 Å². The zero-order valence-corrected chi connectivity index (χ0v) is 29.7. The molecule has 3 amide bonds. The third-order valence-electron chi connectivity index (χ3n) is 6.99. The Hall–Kier alpha value is -4.49. The van der Waals surface area contributed by atoms with Crippen molar-refractivity contribution in [3.8, 4) is 0 Å². The minimum absolute atomic E-state index is 0.00509. The lowest BCUT2D eigenvalue weighted by Gasteiger charge is -2.31. The molecule has 1 aliphatic heterocycles. The van der Waals surface area contributed by atoms with Gasteiger partial charge in [0.05, 0.1) is 26.2 Å². The first kappa shape index (κ1) is 40.9. The van der Waals surface area contributed by atoms with Crippen molar-refractivity contribution in [2.75, 3.05) is 44.4 Å². The summed E-state index contributed by atoms with van der Waals surface area (Å²) in [5.74, 6) is -4.23. The fourth-order valence-electron chi connectivity index (χ4n) is 4.58. The Bertz CT molecular complexity index is 1880. The number of benzene rings is 2. The molecular formula is C31H34Cl2F3N7O7S. The van der Waals surface area contributed by atoms with Gasteiger partial charge < -0.3 is 26.0 Å². The number of carboxylic acids is 1. The molecule has 1 aliphatic rings. The van der Waals surface area contributed by atoms with Gasteiger partial charge in [0.1, 0.15) is 0 Å². The normalized spacial score (nSPS) is 14.1. The lowest BCUT2D eigenvalue weighted by molar-refractivity contribution is -0.192. The highest BCUT2D eigenvalue weighted by Crippen LogP contribution is 2.27. The standard InChI is InChI=1S/C29H33Cl2N7O5S.C2HF3O2/c1-36(2)14-6-11-25(39)32-20-7-4-8-21(17-20)44(42,43)38-15-12-19(13-16-38)33-29(41)27-24(18-37(3)35-27)34-28(40)26-22(30)9-5-10-23(26)31;3-2(4,5)1(6)7/h4-11,17-19H,12-16H2,1-3H3,(H,32,39)(H,33,41)(H,34,40);(H,6,7)/b11-6+;.